The molecule has 8 aromatic carbocycles. The molecule has 10 aromatic rings. The van der Waals surface area contributed by atoms with E-state index in [9.17, 15) is 4.79 Å². The van der Waals surface area contributed by atoms with Crippen LogP contribution in [-0.2, 0) is 5.41 Å². The van der Waals surface area contributed by atoms with Crippen molar-refractivity contribution in [3.05, 3.63) is 209 Å². The second-order valence-electron chi connectivity index (χ2n) is 14.4. The summed E-state index contributed by atoms with van der Waals surface area (Å²) in [5.41, 5.74) is 16.3. The number of hydrogen-bond acceptors (Lipinski definition) is 1. The van der Waals surface area contributed by atoms with E-state index in [4.69, 9.17) is 0 Å². The van der Waals surface area contributed by atoms with Crippen LogP contribution in [0.2, 0.25) is 0 Å². The van der Waals surface area contributed by atoms with Crippen LogP contribution in [0.1, 0.15) is 22.3 Å². The molecule has 0 aliphatic heterocycles. The molecule has 0 saturated carbocycles. The first-order valence-electron chi connectivity index (χ1n) is 18.0. The fraction of sp³-hybridized carbons (Fsp3) is 0.0200. The van der Waals surface area contributed by atoms with Gasteiger partial charge >= 0.3 is 0 Å². The molecular weight excluding hydrogens is 631 g/mol. The lowest BCUT2D eigenvalue weighted by atomic mass is 9.70. The summed E-state index contributed by atoms with van der Waals surface area (Å²) in [4.78, 5) is 14.7. The molecule has 0 radical (unpaired) electrons. The van der Waals surface area contributed by atoms with Crippen molar-refractivity contribution in [2.45, 2.75) is 5.41 Å². The topological polar surface area (TPSA) is 21.5 Å². The number of nitrogens with zero attached hydrogens (tertiary/aromatic N) is 1. The highest BCUT2D eigenvalue weighted by atomic mass is 16.1. The Morgan fingerprint density at radius 2 is 0.865 bits per heavy atom. The number of aromatic nitrogens is 1. The average molecular weight is 660 g/mol. The van der Waals surface area contributed by atoms with Crippen LogP contribution in [0.15, 0.2) is 181 Å². The molecule has 52 heavy (non-hydrogen) atoms. The van der Waals surface area contributed by atoms with E-state index in [0.29, 0.717) is 0 Å². The number of benzene rings is 8. The molecule has 2 nitrogen and oxygen atoms in total. The lowest BCUT2D eigenvalue weighted by Crippen LogP contribution is -2.26. The number of pyridine rings is 1. The monoisotopic (exact) mass is 659 g/mol. The molecule has 0 unspecified atom stereocenters. The van der Waals surface area contributed by atoms with E-state index >= 15 is 0 Å². The van der Waals surface area contributed by atoms with Gasteiger partial charge in [-0.3, -0.25) is 9.20 Å². The maximum atomic E-state index is 14.7. The van der Waals surface area contributed by atoms with Crippen molar-refractivity contribution >= 4 is 38.0 Å². The van der Waals surface area contributed by atoms with Crippen molar-refractivity contribution in [3.8, 4) is 44.5 Å². The standard InChI is InChI=1S/C50H29NO/c52-49-38-21-5-4-17-34(38)41-26-33(32-16-12-15-31(25-32)30-13-2-1-3-14-30)27-42-40-28-39-37-20-8-11-24-45(37)50(46(39)29-47(40)51(49)48(41)42)43-22-9-6-18-35(43)36-19-7-10-23-44(36)50/h1-29H. The van der Waals surface area contributed by atoms with Gasteiger partial charge in [0.2, 0.25) is 0 Å². The second-order valence-corrected chi connectivity index (χ2v) is 14.4. The summed E-state index contributed by atoms with van der Waals surface area (Å²) < 4.78 is 2.01. The predicted molar refractivity (Wildman–Crippen MR) is 215 cm³/mol. The Labute approximate surface area is 299 Å². The Balaban J connectivity index is 1.23. The second kappa shape index (κ2) is 9.93. The van der Waals surface area contributed by atoms with E-state index < -0.39 is 5.41 Å². The van der Waals surface area contributed by atoms with Crippen molar-refractivity contribution in [1.29, 1.82) is 0 Å². The predicted octanol–water partition coefficient (Wildman–Crippen LogP) is 11.9. The molecule has 240 valence electrons. The third-order valence-electron chi connectivity index (χ3n) is 11.9. The van der Waals surface area contributed by atoms with Gasteiger partial charge in [-0.15, -0.1) is 0 Å². The Morgan fingerprint density at radius 1 is 0.346 bits per heavy atom. The van der Waals surface area contributed by atoms with E-state index in [1.54, 1.807) is 0 Å². The molecule has 2 aromatic heterocycles. The summed E-state index contributed by atoms with van der Waals surface area (Å²) in [5.74, 6) is 0. The van der Waals surface area contributed by atoms with Crippen molar-refractivity contribution in [3.63, 3.8) is 0 Å². The Kier molecular flexibility index (Phi) is 5.34. The van der Waals surface area contributed by atoms with E-state index in [1.165, 1.54) is 55.6 Å². The molecule has 12 rings (SSSR count). The smallest absolute Gasteiger partial charge is 0.263 e. The summed E-state index contributed by atoms with van der Waals surface area (Å²) in [7, 11) is 0. The summed E-state index contributed by atoms with van der Waals surface area (Å²) >= 11 is 0. The van der Waals surface area contributed by atoms with Gasteiger partial charge in [-0.05, 0) is 109 Å². The van der Waals surface area contributed by atoms with Gasteiger partial charge in [0, 0.05) is 21.5 Å². The van der Waals surface area contributed by atoms with E-state index in [2.05, 4.69) is 158 Å². The van der Waals surface area contributed by atoms with Crippen LogP contribution in [0.4, 0.5) is 0 Å². The SMILES string of the molecule is O=c1c2ccccc2c2cc(-c3cccc(-c4ccccc4)c3)cc3c4cc5c(cc4n1c23)C1(c2ccccc2-c2ccccc21)c1ccccc1-5. The molecule has 1 spiro atoms. The highest BCUT2D eigenvalue weighted by Crippen LogP contribution is 2.63. The van der Waals surface area contributed by atoms with Crippen LogP contribution in [0.5, 0.6) is 0 Å². The quantitative estimate of drug-likeness (QED) is 0.169. The van der Waals surface area contributed by atoms with Gasteiger partial charge < -0.3 is 0 Å². The summed E-state index contributed by atoms with van der Waals surface area (Å²) in [6.07, 6.45) is 0. The van der Waals surface area contributed by atoms with Gasteiger partial charge in [0.25, 0.3) is 5.56 Å². The lowest BCUT2D eigenvalue weighted by molar-refractivity contribution is 0.794. The molecule has 2 aliphatic rings. The molecule has 0 amide bonds. The highest BCUT2D eigenvalue weighted by Gasteiger charge is 2.51. The first-order chi connectivity index (χ1) is 25.7. The van der Waals surface area contributed by atoms with Crippen LogP contribution in [0.3, 0.4) is 0 Å². The first-order valence-corrected chi connectivity index (χ1v) is 18.0. The molecule has 0 fully saturated rings. The molecule has 2 aliphatic carbocycles. The Morgan fingerprint density at radius 3 is 1.54 bits per heavy atom. The van der Waals surface area contributed by atoms with Gasteiger partial charge in [0.15, 0.2) is 0 Å². The largest absolute Gasteiger partial charge is 0.275 e. The molecule has 0 N–H and O–H groups in total. The van der Waals surface area contributed by atoms with E-state index in [-0.39, 0.29) is 5.56 Å². The van der Waals surface area contributed by atoms with Crippen molar-refractivity contribution in [2.24, 2.45) is 0 Å². The lowest BCUT2D eigenvalue weighted by Gasteiger charge is -2.30. The van der Waals surface area contributed by atoms with Gasteiger partial charge in [-0.2, -0.15) is 0 Å². The molecule has 2 heterocycles. The van der Waals surface area contributed by atoms with Gasteiger partial charge in [-0.25, -0.2) is 0 Å². The van der Waals surface area contributed by atoms with Gasteiger partial charge in [0.1, 0.15) is 0 Å². The number of hydrogen-bond donors (Lipinski definition) is 0. The maximum Gasteiger partial charge on any atom is 0.263 e. The molecule has 0 saturated heterocycles. The fourth-order valence-corrected chi connectivity index (χ4v) is 9.85. The minimum atomic E-state index is -0.481. The van der Waals surface area contributed by atoms with Crippen molar-refractivity contribution in [2.75, 3.05) is 0 Å². The van der Waals surface area contributed by atoms with Crippen molar-refractivity contribution in [1.82, 2.24) is 4.40 Å². The number of fused-ring (bicyclic) bond motifs is 15. The van der Waals surface area contributed by atoms with Crippen LogP contribution in [0, 0.1) is 0 Å². The van der Waals surface area contributed by atoms with Crippen LogP contribution >= 0.6 is 0 Å². The Bertz CT molecular complexity index is 3160. The zero-order chi connectivity index (χ0) is 34.1. The summed E-state index contributed by atoms with van der Waals surface area (Å²) in [5, 5.41) is 5.02. The molecular formula is C50H29NO. The van der Waals surface area contributed by atoms with E-state index in [0.717, 1.165) is 49.1 Å². The average Bonchev–Trinajstić information content (AvgIpc) is 3.81. The normalized spacial score (nSPS) is 13.6. The highest BCUT2D eigenvalue weighted by molar-refractivity contribution is 6.22. The minimum absolute atomic E-state index is 0.0265. The molecule has 0 atom stereocenters. The van der Waals surface area contributed by atoms with Crippen LogP contribution in [-0.4, -0.2) is 4.40 Å². The van der Waals surface area contributed by atoms with Gasteiger partial charge in [-0.1, -0.05) is 140 Å². The van der Waals surface area contributed by atoms with Crippen LogP contribution in [0.25, 0.3) is 82.5 Å². The summed E-state index contributed by atoms with van der Waals surface area (Å²) in [6, 6.07) is 63.5. The van der Waals surface area contributed by atoms with Crippen LogP contribution < -0.4 is 5.56 Å². The van der Waals surface area contributed by atoms with Crippen molar-refractivity contribution < 1.29 is 0 Å². The first kappa shape index (κ1) is 28.0. The third-order valence-corrected chi connectivity index (χ3v) is 11.9. The minimum Gasteiger partial charge on any atom is -0.275 e. The Hall–Kier alpha value is -6.77. The maximum absolute atomic E-state index is 14.7. The van der Waals surface area contributed by atoms with Gasteiger partial charge in [0.05, 0.1) is 16.4 Å². The molecule has 0 bridgehead atoms. The molecule has 2 heteroatoms. The fourth-order valence-electron chi connectivity index (χ4n) is 9.85. The zero-order valence-corrected chi connectivity index (χ0v) is 28.1. The number of rotatable bonds is 2. The van der Waals surface area contributed by atoms with E-state index in [1.807, 2.05) is 22.6 Å². The zero-order valence-electron chi connectivity index (χ0n) is 28.1. The summed E-state index contributed by atoms with van der Waals surface area (Å²) in [6.45, 7) is 0. The third kappa shape index (κ3) is 3.37.